The second-order valence-electron chi connectivity index (χ2n) is 8.91. The summed E-state index contributed by atoms with van der Waals surface area (Å²) >= 11 is 0. The summed E-state index contributed by atoms with van der Waals surface area (Å²) in [7, 11) is 0. The van der Waals surface area contributed by atoms with Crippen molar-refractivity contribution in [1.29, 1.82) is 0 Å². The van der Waals surface area contributed by atoms with E-state index in [4.69, 9.17) is 4.99 Å². The molecule has 1 unspecified atom stereocenters. The normalized spacial score (nSPS) is 22.3. The zero-order valence-corrected chi connectivity index (χ0v) is 17.4. The molecule has 3 heterocycles. The smallest absolute Gasteiger partial charge is 0.222 e. The number of rotatable bonds is 3. The Morgan fingerprint density at radius 1 is 1.21 bits per heavy atom. The topological polar surface area (TPSA) is 69.6 Å². The van der Waals surface area contributed by atoms with Gasteiger partial charge in [-0.2, -0.15) is 0 Å². The lowest BCUT2D eigenvalue weighted by Gasteiger charge is -2.39. The van der Waals surface area contributed by atoms with E-state index < -0.39 is 5.54 Å². The second kappa shape index (κ2) is 7.50. The number of aliphatic imine (C=N–C) groups is 1. The number of amides is 1. The molecule has 1 spiro atoms. The molecule has 6 heteroatoms. The lowest BCUT2D eigenvalue weighted by Crippen LogP contribution is -2.55. The summed E-state index contributed by atoms with van der Waals surface area (Å²) in [5, 5.41) is 7.10. The fraction of sp³-hybridized carbons (Fsp3) is 0.435. The van der Waals surface area contributed by atoms with E-state index in [2.05, 4.69) is 48.5 Å². The van der Waals surface area contributed by atoms with Gasteiger partial charge >= 0.3 is 0 Å². The second-order valence-corrected chi connectivity index (χ2v) is 8.91. The maximum absolute atomic E-state index is 12.9. The number of hydrogen-bond donors (Lipinski definition) is 2. The van der Waals surface area contributed by atoms with E-state index in [-0.39, 0.29) is 11.4 Å². The number of pyridine rings is 1. The van der Waals surface area contributed by atoms with Crippen molar-refractivity contribution in [2.45, 2.75) is 51.1 Å². The molecule has 2 N–H and O–H groups in total. The van der Waals surface area contributed by atoms with Crippen molar-refractivity contribution >= 4 is 23.2 Å². The summed E-state index contributed by atoms with van der Waals surface area (Å²) in [6.07, 6.45) is 3.89. The van der Waals surface area contributed by atoms with Gasteiger partial charge in [-0.3, -0.25) is 9.79 Å². The summed E-state index contributed by atoms with van der Waals surface area (Å²) in [5.41, 5.74) is 1.53. The van der Waals surface area contributed by atoms with Crippen molar-refractivity contribution in [2.75, 3.05) is 23.7 Å². The molecule has 0 aliphatic carbocycles. The molecule has 2 aromatic rings. The third kappa shape index (κ3) is 4.26. The highest BCUT2D eigenvalue weighted by Gasteiger charge is 2.47. The summed E-state index contributed by atoms with van der Waals surface area (Å²) in [6, 6.07) is 14.1. The largest absolute Gasteiger partial charge is 0.368 e. The number of carbonyl (C=O) groups is 1. The van der Waals surface area contributed by atoms with Gasteiger partial charge in [-0.05, 0) is 51.3 Å². The van der Waals surface area contributed by atoms with Gasteiger partial charge in [0.05, 0.1) is 17.8 Å². The van der Waals surface area contributed by atoms with Gasteiger partial charge in [0.2, 0.25) is 5.91 Å². The van der Waals surface area contributed by atoms with Crippen LogP contribution in [0.2, 0.25) is 0 Å². The van der Waals surface area contributed by atoms with Crippen LogP contribution >= 0.6 is 0 Å². The maximum atomic E-state index is 12.9. The first-order valence-electron chi connectivity index (χ1n) is 10.3. The molecule has 0 bridgehead atoms. The quantitative estimate of drug-likeness (QED) is 0.837. The molecule has 2 aliphatic heterocycles. The van der Waals surface area contributed by atoms with Crippen LogP contribution in [-0.4, -0.2) is 45.8 Å². The lowest BCUT2D eigenvalue weighted by molar-refractivity contribution is -0.130. The molecule has 2 aliphatic rings. The fourth-order valence-corrected chi connectivity index (χ4v) is 4.00. The third-order valence-corrected chi connectivity index (χ3v) is 5.41. The van der Waals surface area contributed by atoms with Crippen molar-refractivity contribution in [3.63, 3.8) is 0 Å². The summed E-state index contributed by atoms with van der Waals surface area (Å²) in [6.45, 7) is 7.58. The van der Waals surface area contributed by atoms with Crippen LogP contribution in [0.25, 0.3) is 0 Å². The van der Waals surface area contributed by atoms with Gasteiger partial charge in [0, 0.05) is 19.2 Å². The number of benzene rings is 1. The molecule has 152 valence electrons. The fourth-order valence-electron chi connectivity index (χ4n) is 4.00. The van der Waals surface area contributed by atoms with E-state index in [0.29, 0.717) is 13.0 Å². The number of anilines is 2. The van der Waals surface area contributed by atoms with Crippen LogP contribution in [0.5, 0.6) is 0 Å². The minimum atomic E-state index is -0.397. The van der Waals surface area contributed by atoms with Gasteiger partial charge in [0.15, 0.2) is 5.82 Å². The molecular weight excluding hydrogens is 362 g/mol. The number of nitrogens with one attached hydrogen (secondary N) is 2. The first-order valence-corrected chi connectivity index (χ1v) is 10.3. The van der Waals surface area contributed by atoms with E-state index in [1.807, 2.05) is 35.2 Å². The Labute approximate surface area is 172 Å². The molecule has 1 aromatic heterocycles. The van der Waals surface area contributed by atoms with Crippen molar-refractivity contribution < 1.29 is 4.79 Å². The number of nitrogens with zero attached hydrogens (tertiary/aromatic N) is 3. The summed E-state index contributed by atoms with van der Waals surface area (Å²) < 4.78 is 0. The highest BCUT2D eigenvalue weighted by molar-refractivity contribution is 6.09. The van der Waals surface area contributed by atoms with Gasteiger partial charge in [0.1, 0.15) is 11.4 Å². The Morgan fingerprint density at radius 3 is 2.76 bits per heavy atom. The maximum Gasteiger partial charge on any atom is 0.222 e. The van der Waals surface area contributed by atoms with Crippen LogP contribution < -0.4 is 10.6 Å². The zero-order valence-electron chi connectivity index (χ0n) is 17.4. The molecule has 0 saturated carbocycles. The number of carbonyl (C=O) groups excluding carboxylic acids is 1. The molecular formula is C23H29N5O. The van der Waals surface area contributed by atoms with E-state index in [1.165, 1.54) is 5.56 Å². The van der Waals surface area contributed by atoms with Crippen LogP contribution in [0.1, 0.15) is 39.2 Å². The van der Waals surface area contributed by atoms with Crippen LogP contribution in [0, 0.1) is 0 Å². The number of aryl methyl sites for hydroxylation is 1. The van der Waals surface area contributed by atoms with E-state index in [0.717, 1.165) is 36.7 Å². The van der Waals surface area contributed by atoms with Crippen LogP contribution in [-0.2, 0) is 11.2 Å². The van der Waals surface area contributed by atoms with Gasteiger partial charge in [0.25, 0.3) is 0 Å². The molecule has 4 rings (SSSR count). The predicted octanol–water partition coefficient (Wildman–Crippen LogP) is 3.72. The number of likely N-dealkylation sites (tertiary alicyclic amines) is 1. The highest BCUT2D eigenvalue weighted by atomic mass is 16.2. The monoisotopic (exact) mass is 391 g/mol. The summed E-state index contributed by atoms with van der Waals surface area (Å²) in [4.78, 5) is 24.3. The van der Waals surface area contributed by atoms with Crippen LogP contribution in [0.3, 0.4) is 0 Å². The number of fused-ring (bicyclic) bond motifs is 1. The average Bonchev–Trinajstić information content (AvgIpc) is 3.11. The first-order chi connectivity index (χ1) is 13.8. The van der Waals surface area contributed by atoms with Crippen molar-refractivity contribution in [1.82, 2.24) is 9.88 Å². The van der Waals surface area contributed by atoms with E-state index in [9.17, 15) is 4.79 Å². The number of amidine groups is 1. The molecule has 1 saturated heterocycles. The molecule has 1 aromatic carbocycles. The molecule has 1 fully saturated rings. The minimum Gasteiger partial charge on any atom is -0.368 e. The van der Waals surface area contributed by atoms with Gasteiger partial charge in [-0.25, -0.2) is 4.98 Å². The highest BCUT2D eigenvalue weighted by Crippen LogP contribution is 2.36. The Balaban J connectivity index is 1.53. The standard InChI is InChI=1S/C23H29N5O/c1-22(2,3)27-21-23(26-18-10-7-14-24-20(18)25-21)13-15-28(16-23)19(29)12-11-17-8-5-4-6-9-17/h4-10,14,26H,11-13,15-16H2,1-3H3,(H,24,25,27). The number of aromatic nitrogens is 1. The van der Waals surface area contributed by atoms with Crippen molar-refractivity contribution in [3.05, 3.63) is 54.2 Å². The minimum absolute atomic E-state index is 0.194. The number of hydrogen-bond acceptors (Lipinski definition) is 4. The van der Waals surface area contributed by atoms with E-state index >= 15 is 0 Å². The third-order valence-electron chi connectivity index (χ3n) is 5.41. The Bertz CT molecular complexity index is 918. The van der Waals surface area contributed by atoms with Gasteiger partial charge < -0.3 is 15.5 Å². The van der Waals surface area contributed by atoms with Crippen molar-refractivity contribution in [2.24, 2.45) is 4.99 Å². The molecule has 0 radical (unpaired) electrons. The predicted molar refractivity (Wildman–Crippen MR) is 117 cm³/mol. The SMILES string of the molecule is CC(C)(C)N=C1Nc2ncccc2NC12CCN(C(=O)CCc1ccccc1)C2. The van der Waals surface area contributed by atoms with E-state index in [1.54, 1.807) is 6.20 Å². The molecule has 1 atom stereocenters. The van der Waals surface area contributed by atoms with Crippen LogP contribution in [0.4, 0.5) is 11.5 Å². The first kappa shape index (κ1) is 19.4. The van der Waals surface area contributed by atoms with Crippen molar-refractivity contribution in [3.8, 4) is 0 Å². The Kier molecular flexibility index (Phi) is 5.03. The zero-order chi connectivity index (χ0) is 20.5. The van der Waals surface area contributed by atoms with Gasteiger partial charge in [-0.1, -0.05) is 30.3 Å². The molecule has 29 heavy (non-hydrogen) atoms. The van der Waals surface area contributed by atoms with Crippen LogP contribution in [0.15, 0.2) is 53.7 Å². The Hall–Kier alpha value is -2.89. The van der Waals surface area contributed by atoms with Gasteiger partial charge in [-0.15, -0.1) is 0 Å². The summed E-state index contributed by atoms with van der Waals surface area (Å²) in [5.74, 6) is 1.85. The lowest BCUT2D eigenvalue weighted by atomic mass is 9.93. The average molecular weight is 392 g/mol. The molecule has 1 amide bonds. The Morgan fingerprint density at radius 2 is 2.00 bits per heavy atom. The molecule has 6 nitrogen and oxygen atoms in total.